The normalized spacial score (nSPS) is 11.4. The van der Waals surface area contributed by atoms with Crippen LogP contribution >= 0.6 is 0 Å². The number of amides is 2. The number of halogens is 1. The molecular formula is C30H35FN2O5. The predicted molar refractivity (Wildman–Crippen MR) is 144 cm³/mol. The molecule has 2 amide bonds. The van der Waals surface area contributed by atoms with Gasteiger partial charge in [0.1, 0.15) is 29.1 Å². The zero-order chi connectivity index (χ0) is 27.3. The second-order valence-electron chi connectivity index (χ2n) is 8.84. The highest BCUT2D eigenvalue weighted by Gasteiger charge is 2.30. The molecule has 0 heterocycles. The molecule has 3 rings (SSSR count). The Morgan fingerprint density at radius 1 is 0.895 bits per heavy atom. The molecule has 8 heteroatoms. The maximum absolute atomic E-state index is 13.6. The average Bonchev–Trinajstić information content (AvgIpc) is 2.95. The van der Waals surface area contributed by atoms with Gasteiger partial charge in [0.15, 0.2) is 6.61 Å². The molecular weight excluding hydrogens is 487 g/mol. The summed E-state index contributed by atoms with van der Waals surface area (Å²) in [6.45, 7) is 2.36. The summed E-state index contributed by atoms with van der Waals surface area (Å²) in [5.74, 6) is 0.423. The number of unbranched alkanes of at least 4 members (excludes halogenated alkanes) is 1. The van der Waals surface area contributed by atoms with E-state index in [0.717, 1.165) is 18.4 Å². The van der Waals surface area contributed by atoms with Crippen molar-refractivity contribution in [3.8, 4) is 17.2 Å². The fraction of sp³-hybridized carbons (Fsp3) is 0.333. The molecule has 0 spiro atoms. The van der Waals surface area contributed by atoms with Crippen molar-refractivity contribution in [2.45, 2.75) is 38.8 Å². The van der Waals surface area contributed by atoms with Crippen LogP contribution in [0.25, 0.3) is 0 Å². The summed E-state index contributed by atoms with van der Waals surface area (Å²) in [6, 6.07) is 19.6. The lowest BCUT2D eigenvalue weighted by molar-refractivity contribution is -0.142. The van der Waals surface area contributed by atoms with Crippen LogP contribution in [0.3, 0.4) is 0 Å². The minimum Gasteiger partial charge on any atom is -0.496 e. The zero-order valence-corrected chi connectivity index (χ0v) is 22.1. The third-order valence-electron chi connectivity index (χ3n) is 6.05. The van der Waals surface area contributed by atoms with Crippen LogP contribution in [0, 0.1) is 5.82 Å². The molecule has 0 fully saturated rings. The number of benzene rings is 3. The second kappa shape index (κ2) is 14.6. The van der Waals surface area contributed by atoms with Gasteiger partial charge in [-0.2, -0.15) is 0 Å². The molecule has 0 aliphatic carbocycles. The van der Waals surface area contributed by atoms with Crippen molar-refractivity contribution < 1.29 is 28.2 Å². The van der Waals surface area contributed by atoms with E-state index in [4.69, 9.17) is 14.2 Å². The molecule has 0 saturated carbocycles. The van der Waals surface area contributed by atoms with Crippen molar-refractivity contribution in [3.63, 3.8) is 0 Å². The maximum atomic E-state index is 13.6. The minimum atomic E-state index is -0.796. The van der Waals surface area contributed by atoms with Gasteiger partial charge < -0.3 is 24.4 Å². The summed E-state index contributed by atoms with van der Waals surface area (Å²) in [4.78, 5) is 28.6. The van der Waals surface area contributed by atoms with Gasteiger partial charge in [-0.3, -0.25) is 9.59 Å². The number of nitrogens with one attached hydrogen (secondary N) is 1. The van der Waals surface area contributed by atoms with E-state index in [1.807, 2.05) is 37.3 Å². The first kappa shape index (κ1) is 28.5. The SMILES string of the molecule is CCCCNC(=O)[C@@H](Cc1ccccc1)N(Cc1ccc(F)cc1)C(=O)COc1cc(OC)cc(OC)c1. The Morgan fingerprint density at radius 3 is 2.13 bits per heavy atom. The molecule has 0 radical (unpaired) electrons. The lowest BCUT2D eigenvalue weighted by Gasteiger charge is -2.31. The molecule has 0 saturated heterocycles. The number of hydrogen-bond donors (Lipinski definition) is 1. The van der Waals surface area contributed by atoms with Crippen molar-refractivity contribution >= 4 is 11.8 Å². The van der Waals surface area contributed by atoms with Crippen LogP contribution in [-0.2, 0) is 22.6 Å². The molecule has 1 atom stereocenters. The van der Waals surface area contributed by atoms with Gasteiger partial charge in [0.25, 0.3) is 5.91 Å². The molecule has 3 aromatic carbocycles. The van der Waals surface area contributed by atoms with Crippen LogP contribution in [-0.4, -0.2) is 50.1 Å². The second-order valence-corrected chi connectivity index (χ2v) is 8.84. The van der Waals surface area contributed by atoms with Crippen molar-refractivity contribution in [1.29, 1.82) is 0 Å². The Bertz CT molecular complexity index is 1150. The van der Waals surface area contributed by atoms with E-state index in [1.165, 1.54) is 31.3 Å². The number of methoxy groups -OCH3 is 2. The van der Waals surface area contributed by atoms with E-state index in [2.05, 4.69) is 5.32 Å². The van der Waals surface area contributed by atoms with E-state index in [-0.39, 0.29) is 30.8 Å². The van der Waals surface area contributed by atoms with Gasteiger partial charge in [-0.05, 0) is 29.7 Å². The number of carbonyl (C=O) groups is 2. The molecule has 0 unspecified atom stereocenters. The Labute approximate surface area is 223 Å². The summed E-state index contributed by atoms with van der Waals surface area (Å²) in [5.41, 5.74) is 1.61. The summed E-state index contributed by atoms with van der Waals surface area (Å²) < 4.78 is 30.0. The third kappa shape index (κ3) is 8.50. The fourth-order valence-corrected chi connectivity index (χ4v) is 3.94. The summed E-state index contributed by atoms with van der Waals surface area (Å²) >= 11 is 0. The molecule has 0 bridgehead atoms. The van der Waals surface area contributed by atoms with E-state index in [1.54, 1.807) is 30.3 Å². The highest BCUT2D eigenvalue weighted by atomic mass is 19.1. The minimum absolute atomic E-state index is 0.114. The largest absolute Gasteiger partial charge is 0.496 e. The van der Waals surface area contributed by atoms with Crippen molar-refractivity contribution in [3.05, 3.63) is 89.7 Å². The number of hydrogen-bond acceptors (Lipinski definition) is 5. The number of rotatable bonds is 14. The van der Waals surface area contributed by atoms with E-state index < -0.39 is 6.04 Å². The van der Waals surface area contributed by atoms with Gasteiger partial charge in [-0.15, -0.1) is 0 Å². The van der Waals surface area contributed by atoms with Gasteiger partial charge in [0, 0.05) is 37.7 Å². The number of carbonyl (C=O) groups excluding carboxylic acids is 2. The first-order chi connectivity index (χ1) is 18.4. The van der Waals surface area contributed by atoms with Crippen LogP contribution in [0.15, 0.2) is 72.8 Å². The Morgan fingerprint density at radius 2 is 1.53 bits per heavy atom. The molecule has 7 nitrogen and oxygen atoms in total. The van der Waals surface area contributed by atoms with E-state index in [0.29, 0.717) is 35.8 Å². The molecule has 0 aromatic heterocycles. The van der Waals surface area contributed by atoms with Crippen molar-refractivity contribution in [1.82, 2.24) is 10.2 Å². The number of nitrogens with zero attached hydrogens (tertiary/aromatic N) is 1. The molecule has 1 N–H and O–H groups in total. The first-order valence-corrected chi connectivity index (χ1v) is 12.6. The van der Waals surface area contributed by atoms with Gasteiger partial charge in [-0.1, -0.05) is 55.8 Å². The molecule has 0 aliphatic rings. The number of ether oxygens (including phenoxy) is 3. The zero-order valence-electron chi connectivity index (χ0n) is 22.1. The quantitative estimate of drug-likeness (QED) is 0.309. The van der Waals surface area contributed by atoms with Crippen molar-refractivity contribution in [2.24, 2.45) is 0 Å². The smallest absolute Gasteiger partial charge is 0.261 e. The molecule has 202 valence electrons. The Kier molecular flexibility index (Phi) is 11.0. The summed E-state index contributed by atoms with van der Waals surface area (Å²) in [5, 5.41) is 2.97. The lowest BCUT2D eigenvalue weighted by Crippen LogP contribution is -2.51. The summed E-state index contributed by atoms with van der Waals surface area (Å²) in [7, 11) is 3.05. The molecule has 38 heavy (non-hydrogen) atoms. The van der Waals surface area contributed by atoms with Gasteiger partial charge in [-0.25, -0.2) is 4.39 Å². The molecule has 3 aromatic rings. The van der Waals surface area contributed by atoms with Gasteiger partial charge in [0.05, 0.1) is 14.2 Å². The average molecular weight is 523 g/mol. The predicted octanol–water partition coefficient (Wildman–Crippen LogP) is 4.78. The van der Waals surface area contributed by atoms with Crippen LogP contribution in [0.4, 0.5) is 4.39 Å². The highest BCUT2D eigenvalue weighted by molar-refractivity contribution is 5.88. The lowest BCUT2D eigenvalue weighted by atomic mass is 10.0. The van der Waals surface area contributed by atoms with Crippen molar-refractivity contribution in [2.75, 3.05) is 27.4 Å². The maximum Gasteiger partial charge on any atom is 0.261 e. The van der Waals surface area contributed by atoms with E-state index in [9.17, 15) is 14.0 Å². The van der Waals surface area contributed by atoms with Crippen LogP contribution < -0.4 is 19.5 Å². The van der Waals surface area contributed by atoms with Crippen LogP contribution in [0.2, 0.25) is 0 Å². The van der Waals surface area contributed by atoms with Crippen LogP contribution in [0.1, 0.15) is 30.9 Å². The highest BCUT2D eigenvalue weighted by Crippen LogP contribution is 2.27. The monoisotopic (exact) mass is 522 g/mol. The standard InChI is InChI=1S/C30H35FN2O5/c1-4-5-15-32-30(35)28(16-22-9-7-6-8-10-22)33(20-23-11-13-24(31)14-12-23)29(34)21-38-27-18-25(36-2)17-26(19-27)37-3/h6-14,17-19,28H,4-5,15-16,20-21H2,1-3H3,(H,32,35)/t28-/m1/s1. The first-order valence-electron chi connectivity index (χ1n) is 12.6. The summed E-state index contributed by atoms with van der Waals surface area (Å²) in [6.07, 6.45) is 2.08. The van der Waals surface area contributed by atoms with Gasteiger partial charge >= 0.3 is 0 Å². The fourth-order valence-electron chi connectivity index (χ4n) is 3.94. The topological polar surface area (TPSA) is 77.1 Å². The van der Waals surface area contributed by atoms with E-state index >= 15 is 0 Å². The Hall–Kier alpha value is -4.07. The van der Waals surface area contributed by atoms with Crippen LogP contribution in [0.5, 0.6) is 17.2 Å². The third-order valence-corrected chi connectivity index (χ3v) is 6.05. The molecule has 0 aliphatic heterocycles. The Balaban J connectivity index is 1.89. The van der Waals surface area contributed by atoms with Gasteiger partial charge in [0.2, 0.25) is 5.91 Å².